The molecule has 140 valence electrons. The molecule has 27 heavy (non-hydrogen) atoms. The number of rotatable bonds is 5. The van der Waals surface area contributed by atoms with Crippen LogP contribution in [0.15, 0.2) is 34.2 Å². The third kappa shape index (κ3) is 3.23. The van der Waals surface area contributed by atoms with Crippen LogP contribution in [0.25, 0.3) is 15.9 Å². The van der Waals surface area contributed by atoms with Crippen LogP contribution in [0.1, 0.15) is 16.9 Å². The highest BCUT2D eigenvalue weighted by molar-refractivity contribution is 7.99. The molecule has 2 aromatic heterocycles. The fraction of sp³-hybridized carbons (Fsp3) is 0.316. The SMILES string of the molecule is CNC(=O)CSc1nc2sc3c(c2c(=O)n1-c1ccc(OC)cc1)CCC3. The number of methoxy groups -OCH3 is 1. The van der Waals surface area contributed by atoms with Crippen LogP contribution in [0, 0.1) is 0 Å². The Morgan fingerprint density at radius 1 is 1.33 bits per heavy atom. The fourth-order valence-corrected chi connectivity index (χ4v) is 5.47. The number of hydrogen-bond donors (Lipinski definition) is 1. The minimum Gasteiger partial charge on any atom is -0.497 e. The van der Waals surface area contributed by atoms with Gasteiger partial charge in [0.2, 0.25) is 5.91 Å². The molecule has 2 heterocycles. The van der Waals surface area contributed by atoms with Crippen LogP contribution >= 0.6 is 23.1 Å². The lowest BCUT2D eigenvalue weighted by Crippen LogP contribution is -2.24. The van der Waals surface area contributed by atoms with Crippen molar-refractivity contribution in [2.75, 3.05) is 19.9 Å². The smallest absolute Gasteiger partial charge is 0.267 e. The third-order valence-corrected chi connectivity index (χ3v) is 6.77. The zero-order valence-electron chi connectivity index (χ0n) is 15.1. The van der Waals surface area contributed by atoms with Gasteiger partial charge in [0.25, 0.3) is 5.56 Å². The van der Waals surface area contributed by atoms with Crippen molar-refractivity contribution in [3.8, 4) is 11.4 Å². The number of benzene rings is 1. The molecule has 4 rings (SSSR count). The molecule has 1 amide bonds. The van der Waals surface area contributed by atoms with E-state index in [1.54, 1.807) is 30.1 Å². The van der Waals surface area contributed by atoms with Gasteiger partial charge in [-0.05, 0) is 49.1 Å². The van der Waals surface area contributed by atoms with Gasteiger partial charge in [0.15, 0.2) is 5.16 Å². The Morgan fingerprint density at radius 2 is 2.11 bits per heavy atom. The van der Waals surface area contributed by atoms with Gasteiger partial charge < -0.3 is 10.1 Å². The topological polar surface area (TPSA) is 73.2 Å². The summed E-state index contributed by atoms with van der Waals surface area (Å²) in [6, 6.07) is 7.31. The van der Waals surface area contributed by atoms with Gasteiger partial charge in [0, 0.05) is 11.9 Å². The Labute approximate surface area is 164 Å². The van der Waals surface area contributed by atoms with E-state index in [4.69, 9.17) is 9.72 Å². The number of thiophene rings is 1. The maximum absolute atomic E-state index is 13.4. The van der Waals surface area contributed by atoms with Crippen LogP contribution in [0.3, 0.4) is 0 Å². The Morgan fingerprint density at radius 3 is 2.81 bits per heavy atom. The Bertz CT molecular complexity index is 1070. The maximum Gasteiger partial charge on any atom is 0.267 e. The second kappa shape index (κ2) is 7.36. The Hall–Kier alpha value is -2.32. The molecular formula is C19H19N3O3S2. The summed E-state index contributed by atoms with van der Waals surface area (Å²) in [6.07, 6.45) is 3.03. The van der Waals surface area contributed by atoms with Crippen LogP contribution in [-0.4, -0.2) is 35.4 Å². The first-order valence-corrected chi connectivity index (χ1v) is 10.5. The average molecular weight is 402 g/mol. The van der Waals surface area contributed by atoms with Crippen molar-refractivity contribution in [3.05, 3.63) is 45.1 Å². The van der Waals surface area contributed by atoms with E-state index in [0.717, 1.165) is 40.8 Å². The van der Waals surface area contributed by atoms with Crippen molar-refractivity contribution in [2.24, 2.45) is 0 Å². The number of ether oxygens (including phenoxy) is 1. The predicted octanol–water partition coefficient (Wildman–Crippen LogP) is 2.78. The standard InChI is InChI=1S/C19H19N3O3S2/c1-20-15(23)10-26-19-21-17-16(13-4-3-5-14(13)27-17)18(24)22(19)11-6-8-12(25-2)9-7-11/h6-9H,3-5,10H2,1-2H3,(H,20,23). The molecule has 3 aromatic rings. The van der Waals surface area contributed by atoms with Crippen LogP contribution < -0.4 is 15.6 Å². The average Bonchev–Trinajstić information content (AvgIpc) is 3.27. The van der Waals surface area contributed by atoms with Crippen LogP contribution in [0.2, 0.25) is 0 Å². The minimum absolute atomic E-state index is 0.0658. The summed E-state index contributed by atoms with van der Waals surface area (Å²) < 4.78 is 6.83. The van der Waals surface area contributed by atoms with E-state index in [-0.39, 0.29) is 17.2 Å². The highest BCUT2D eigenvalue weighted by Crippen LogP contribution is 2.36. The minimum atomic E-state index is -0.107. The zero-order valence-corrected chi connectivity index (χ0v) is 16.7. The number of thioether (sulfide) groups is 1. The number of nitrogens with one attached hydrogen (secondary N) is 1. The summed E-state index contributed by atoms with van der Waals surface area (Å²) in [5, 5.41) is 3.86. The molecule has 8 heteroatoms. The van der Waals surface area contributed by atoms with Gasteiger partial charge in [-0.2, -0.15) is 0 Å². The van der Waals surface area contributed by atoms with Gasteiger partial charge in [-0.25, -0.2) is 4.98 Å². The van der Waals surface area contributed by atoms with E-state index in [9.17, 15) is 9.59 Å². The summed E-state index contributed by atoms with van der Waals surface area (Å²) in [6.45, 7) is 0. The van der Waals surface area contributed by atoms with E-state index < -0.39 is 0 Å². The number of aromatic nitrogens is 2. The Kier molecular flexibility index (Phi) is 4.92. The first kappa shape index (κ1) is 18.1. The summed E-state index contributed by atoms with van der Waals surface area (Å²) in [4.78, 5) is 31.9. The molecule has 1 aliphatic carbocycles. The van der Waals surface area contributed by atoms with Gasteiger partial charge in [0.1, 0.15) is 10.6 Å². The molecule has 0 radical (unpaired) electrons. The van der Waals surface area contributed by atoms with Crippen molar-refractivity contribution < 1.29 is 9.53 Å². The number of carbonyl (C=O) groups is 1. The van der Waals surface area contributed by atoms with E-state index in [1.807, 2.05) is 24.3 Å². The van der Waals surface area contributed by atoms with E-state index in [1.165, 1.54) is 16.6 Å². The van der Waals surface area contributed by atoms with Crippen LogP contribution in [0.4, 0.5) is 0 Å². The van der Waals surface area contributed by atoms with Crippen molar-refractivity contribution in [1.29, 1.82) is 0 Å². The zero-order chi connectivity index (χ0) is 19.0. The summed E-state index contributed by atoms with van der Waals surface area (Å²) >= 11 is 2.88. The lowest BCUT2D eigenvalue weighted by atomic mass is 10.2. The van der Waals surface area contributed by atoms with Crippen molar-refractivity contribution in [3.63, 3.8) is 0 Å². The molecule has 0 atom stereocenters. The van der Waals surface area contributed by atoms with E-state index >= 15 is 0 Å². The highest BCUT2D eigenvalue weighted by Gasteiger charge is 2.24. The number of carbonyl (C=O) groups excluding carboxylic acids is 1. The van der Waals surface area contributed by atoms with Gasteiger partial charge in [0.05, 0.1) is 23.9 Å². The molecule has 0 saturated heterocycles. The Balaban J connectivity index is 1.90. The molecule has 0 saturated carbocycles. The molecule has 0 unspecified atom stereocenters. The normalized spacial score (nSPS) is 13.0. The monoisotopic (exact) mass is 401 g/mol. The molecule has 1 aliphatic rings. The number of fused-ring (bicyclic) bond motifs is 3. The first-order valence-electron chi connectivity index (χ1n) is 8.67. The van der Waals surface area contributed by atoms with Crippen molar-refractivity contribution in [2.45, 2.75) is 24.4 Å². The van der Waals surface area contributed by atoms with Gasteiger partial charge in [-0.1, -0.05) is 11.8 Å². The lowest BCUT2D eigenvalue weighted by molar-refractivity contribution is -0.118. The van der Waals surface area contributed by atoms with Crippen LogP contribution in [-0.2, 0) is 17.6 Å². The predicted molar refractivity (Wildman–Crippen MR) is 109 cm³/mol. The molecule has 0 fully saturated rings. The molecule has 6 nitrogen and oxygen atoms in total. The molecular weight excluding hydrogens is 382 g/mol. The fourth-order valence-electron chi connectivity index (χ4n) is 3.28. The first-order chi connectivity index (χ1) is 13.1. The summed E-state index contributed by atoms with van der Waals surface area (Å²) in [5.74, 6) is 0.816. The number of aryl methyl sites for hydroxylation is 2. The largest absolute Gasteiger partial charge is 0.497 e. The van der Waals surface area contributed by atoms with Gasteiger partial charge >= 0.3 is 0 Å². The lowest BCUT2D eigenvalue weighted by Gasteiger charge is -2.12. The second-order valence-corrected chi connectivity index (χ2v) is 8.26. The van der Waals surface area contributed by atoms with Crippen molar-refractivity contribution >= 4 is 39.2 Å². The summed E-state index contributed by atoms with van der Waals surface area (Å²) in [7, 11) is 3.20. The van der Waals surface area contributed by atoms with E-state index in [2.05, 4.69) is 5.32 Å². The molecule has 0 aliphatic heterocycles. The number of nitrogens with zero attached hydrogens (tertiary/aromatic N) is 2. The number of hydrogen-bond acceptors (Lipinski definition) is 6. The number of amides is 1. The van der Waals surface area contributed by atoms with E-state index in [0.29, 0.717) is 10.8 Å². The summed E-state index contributed by atoms with van der Waals surface area (Å²) in [5.41, 5.74) is 1.80. The quantitative estimate of drug-likeness (QED) is 0.526. The second-order valence-electron chi connectivity index (χ2n) is 6.23. The third-order valence-electron chi connectivity index (χ3n) is 4.65. The van der Waals surface area contributed by atoms with Gasteiger partial charge in [-0.3, -0.25) is 14.2 Å². The van der Waals surface area contributed by atoms with Crippen LogP contribution in [0.5, 0.6) is 5.75 Å². The molecule has 1 N–H and O–H groups in total. The van der Waals surface area contributed by atoms with Crippen molar-refractivity contribution in [1.82, 2.24) is 14.9 Å². The molecule has 1 aromatic carbocycles. The molecule has 0 bridgehead atoms. The molecule has 0 spiro atoms. The highest BCUT2D eigenvalue weighted by atomic mass is 32.2. The van der Waals surface area contributed by atoms with Gasteiger partial charge in [-0.15, -0.1) is 11.3 Å². The maximum atomic E-state index is 13.4.